The van der Waals surface area contributed by atoms with Gasteiger partial charge in [-0.25, -0.2) is 9.97 Å². The summed E-state index contributed by atoms with van der Waals surface area (Å²) in [4.78, 5) is 11.4. The topological polar surface area (TPSA) is 99.8 Å². The molecule has 7 nitrogen and oxygen atoms in total. The van der Waals surface area contributed by atoms with Gasteiger partial charge in [0.25, 0.3) is 0 Å². The molecule has 1 spiro atoms. The van der Waals surface area contributed by atoms with E-state index in [1.54, 1.807) is 12.7 Å². The highest BCUT2D eigenvalue weighted by molar-refractivity contribution is 5.68. The van der Waals surface area contributed by atoms with E-state index < -0.39 is 0 Å². The van der Waals surface area contributed by atoms with Crippen molar-refractivity contribution in [2.24, 2.45) is 5.41 Å². The predicted molar refractivity (Wildman–Crippen MR) is 65.3 cm³/mol. The van der Waals surface area contributed by atoms with Gasteiger partial charge in [-0.1, -0.05) is 0 Å². The summed E-state index contributed by atoms with van der Waals surface area (Å²) in [5.74, 6) is 0. The molecule has 0 aromatic carbocycles. The van der Waals surface area contributed by atoms with Crippen LogP contribution < -0.4 is 5.49 Å². The number of fused-ring (bicyclic) bond motifs is 1. The summed E-state index contributed by atoms with van der Waals surface area (Å²) in [6, 6.07) is 0.142. The van der Waals surface area contributed by atoms with Crippen LogP contribution >= 0.6 is 0 Å². The van der Waals surface area contributed by atoms with E-state index in [1.165, 1.54) is 0 Å². The zero-order chi connectivity index (χ0) is 13.0. The van der Waals surface area contributed by atoms with Crippen LogP contribution in [0.2, 0.25) is 0 Å². The van der Waals surface area contributed by atoms with Crippen molar-refractivity contribution < 1.29 is 9.84 Å². The smallest absolute Gasteiger partial charge is 0.173 e. The van der Waals surface area contributed by atoms with Crippen molar-refractivity contribution in [3.63, 3.8) is 0 Å². The van der Waals surface area contributed by atoms with Crippen LogP contribution in [0.4, 0.5) is 0 Å². The monoisotopic (exact) mass is 261 g/mol. The molecule has 2 aromatic heterocycles. The van der Waals surface area contributed by atoms with Crippen molar-refractivity contribution in [1.82, 2.24) is 19.5 Å². The first-order chi connectivity index (χ1) is 9.26. The average molecular weight is 261 g/mol. The highest BCUT2D eigenvalue weighted by Gasteiger charge is 2.60. The van der Waals surface area contributed by atoms with Crippen LogP contribution in [-0.2, 0) is 4.74 Å². The van der Waals surface area contributed by atoms with Crippen molar-refractivity contribution in [3.05, 3.63) is 18.1 Å². The van der Waals surface area contributed by atoms with Gasteiger partial charge in [-0.05, 0) is 12.8 Å². The Morgan fingerprint density at radius 1 is 1.53 bits per heavy atom. The van der Waals surface area contributed by atoms with Crippen molar-refractivity contribution >= 4 is 11.2 Å². The Labute approximate surface area is 108 Å². The van der Waals surface area contributed by atoms with Crippen LogP contribution in [0.25, 0.3) is 11.2 Å². The lowest BCUT2D eigenvalue weighted by Crippen LogP contribution is -2.28. The fourth-order valence-electron chi connectivity index (χ4n) is 3.27. The quantitative estimate of drug-likeness (QED) is 0.705. The van der Waals surface area contributed by atoms with Crippen LogP contribution in [0.5, 0.6) is 0 Å². The number of ether oxygens (including phenoxy) is 1. The van der Waals surface area contributed by atoms with Gasteiger partial charge in [0.15, 0.2) is 11.1 Å². The molecule has 2 aliphatic rings. The number of imidazole rings is 1. The molecule has 2 atom stereocenters. The first-order valence-corrected chi connectivity index (χ1v) is 6.43. The molecule has 3 N–H and O–H groups in total. The van der Waals surface area contributed by atoms with Gasteiger partial charge in [0.05, 0.1) is 38.0 Å². The standard InChI is InChI=1S/C12H15N5O2/c13-10-9-11(15-5-14-9)17(6-16-10)7-4-19-8(3-18)12(7)1-2-12/h5-8,13,18H,1-4H2,(H,14,15)/t7-,8-/m1/s1. The van der Waals surface area contributed by atoms with E-state index in [0.29, 0.717) is 12.1 Å². The number of hydrogen-bond acceptors (Lipinski definition) is 5. The predicted octanol–water partition coefficient (Wildman–Crippen LogP) is -0.0487. The van der Waals surface area contributed by atoms with Gasteiger partial charge in [0.1, 0.15) is 5.52 Å². The van der Waals surface area contributed by atoms with Gasteiger partial charge in [-0.15, -0.1) is 0 Å². The Morgan fingerprint density at radius 2 is 2.37 bits per heavy atom. The molecule has 7 heteroatoms. The minimum atomic E-state index is -0.0883. The minimum absolute atomic E-state index is 0.0243. The Bertz CT molecular complexity index is 687. The molecule has 1 saturated carbocycles. The van der Waals surface area contributed by atoms with Gasteiger partial charge in [-0.2, -0.15) is 0 Å². The molecule has 0 bridgehead atoms. The number of aromatic amines is 1. The number of rotatable bonds is 2. The van der Waals surface area contributed by atoms with Crippen LogP contribution in [-0.4, -0.2) is 43.9 Å². The van der Waals surface area contributed by atoms with Crippen LogP contribution in [0.1, 0.15) is 18.9 Å². The number of nitrogens with zero attached hydrogens (tertiary/aromatic N) is 3. The van der Waals surface area contributed by atoms with Gasteiger partial charge in [0.2, 0.25) is 0 Å². The minimum Gasteiger partial charge on any atom is -0.394 e. The maximum Gasteiger partial charge on any atom is 0.173 e. The normalized spacial score (nSPS) is 28.3. The molecule has 3 heterocycles. The number of aromatic nitrogens is 4. The maximum absolute atomic E-state index is 9.42. The summed E-state index contributed by atoms with van der Waals surface area (Å²) < 4.78 is 7.71. The molecule has 4 rings (SSSR count). The summed E-state index contributed by atoms with van der Waals surface area (Å²) in [7, 11) is 0. The highest BCUT2D eigenvalue weighted by Crippen LogP contribution is 2.61. The summed E-state index contributed by atoms with van der Waals surface area (Å²) in [6.07, 6.45) is 5.28. The molecule has 2 fully saturated rings. The molecule has 100 valence electrons. The number of aliphatic hydroxyl groups excluding tert-OH is 1. The first-order valence-electron chi connectivity index (χ1n) is 6.43. The van der Waals surface area contributed by atoms with E-state index in [0.717, 1.165) is 18.5 Å². The fraction of sp³-hybridized carbons (Fsp3) is 0.583. The molecule has 1 aliphatic carbocycles. The van der Waals surface area contributed by atoms with Crippen molar-refractivity contribution in [1.29, 1.82) is 5.41 Å². The second kappa shape index (κ2) is 3.64. The third-order valence-electron chi connectivity index (χ3n) is 4.50. The Kier molecular flexibility index (Phi) is 2.13. The zero-order valence-electron chi connectivity index (χ0n) is 10.3. The first kappa shape index (κ1) is 11.1. The summed E-state index contributed by atoms with van der Waals surface area (Å²) in [5, 5.41) is 17.2. The van der Waals surface area contributed by atoms with E-state index in [-0.39, 0.29) is 29.7 Å². The molecule has 0 amide bonds. The summed E-state index contributed by atoms with van der Waals surface area (Å²) >= 11 is 0. The molecule has 1 aliphatic heterocycles. The van der Waals surface area contributed by atoms with E-state index >= 15 is 0 Å². The Morgan fingerprint density at radius 3 is 3.11 bits per heavy atom. The van der Waals surface area contributed by atoms with Crippen LogP contribution in [0.3, 0.4) is 0 Å². The number of nitrogens with one attached hydrogen (secondary N) is 2. The Hall–Kier alpha value is -1.73. The highest BCUT2D eigenvalue weighted by atomic mass is 16.5. The molecular weight excluding hydrogens is 246 g/mol. The van der Waals surface area contributed by atoms with Gasteiger partial charge >= 0.3 is 0 Å². The lowest BCUT2D eigenvalue weighted by atomic mass is 9.93. The van der Waals surface area contributed by atoms with E-state index in [1.807, 2.05) is 4.57 Å². The zero-order valence-corrected chi connectivity index (χ0v) is 10.3. The van der Waals surface area contributed by atoms with Gasteiger partial charge in [0, 0.05) is 5.41 Å². The van der Waals surface area contributed by atoms with Gasteiger partial charge in [-0.3, -0.25) is 5.41 Å². The summed E-state index contributed by atoms with van der Waals surface area (Å²) in [6.45, 7) is 0.627. The molecule has 19 heavy (non-hydrogen) atoms. The van der Waals surface area contributed by atoms with Crippen molar-refractivity contribution in [3.8, 4) is 0 Å². The Balaban J connectivity index is 1.86. The van der Waals surface area contributed by atoms with E-state index in [4.69, 9.17) is 10.1 Å². The third-order valence-corrected chi connectivity index (χ3v) is 4.50. The van der Waals surface area contributed by atoms with E-state index in [9.17, 15) is 5.11 Å². The molecule has 0 radical (unpaired) electrons. The lowest BCUT2D eigenvalue weighted by Gasteiger charge is -2.23. The number of H-pyrrole nitrogens is 1. The fourth-order valence-corrected chi connectivity index (χ4v) is 3.27. The van der Waals surface area contributed by atoms with Crippen LogP contribution in [0, 0.1) is 10.8 Å². The number of aliphatic hydroxyl groups is 1. The molecule has 2 aromatic rings. The average Bonchev–Trinajstić information content (AvgIpc) is 2.89. The molecular formula is C12H15N5O2. The van der Waals surface area contributed by atoms with Gasteiger partial charge < -0.3 is 19.4 Å². The van der Waals surface area contributed by atoms with Crippen LogP contribution in [0.15, 0.2) is 12.7 Å². The molecule has 0 unspecified atom stereocenters. The summed E-state index contributed by atoms with van der Waals surface area (Å²) in [5.41, 5.74) is 1.60. The lowest BCUT2D eigenvalue weighted by molar-refractivity contribution is 0.0339. The number of hydrogen-bond donors (Lipinski definition) is 3. The van der Waals surface area contributed by atoms with Crippen molar-refractivity contribution in [2.45, 2.75) is 25.0 Å². The van der Waals surface area contributed by atoms with Crippen molar-refractivity contribution in [2.75, 3.05) is 13.2 Å². The third kappa shape index (κ3) is 1.36. The second-order valence-corrected chi connectivity index (χ2v) is 5.36. The second-order valence-electron chi connectivity index (χ2n) is 5.36. The SMILES string of the molecule is N=c1ncn([C@@H]2CO[C@H](CO)C23CC3)c2nc[nH]c12. The largest absolute Gasteiger partial charge is 0.394 e. The maximum atomic E-state index is 9.42. The van der Waals surface area contributed by atoms with E-state index in [2.05, 4.69) is 15.0 Å². The molecule has 1 saturated heterocycles.